The molecule has 190 valence electrons. The zero-order chi connectivity index (χ0) is 26.3. The number of rotatable bonds is 10. The number of ether oxygens (including phenoxy) is 1. The summed E-state index contributed by atoms with van der Waals surface area (Å²) in [5, 5.41) is 1.36. The van der Waals surface area contributed by atoms with Gasteiger partial charge >= 0.3 is 0 Å². The third-order valence-electron chi connectivity index (χ3n) is 7.32. The third-order valence-corrected chi connectivity index (χ3v) is 9.69. The van der Waals surface area contributed by atoms with Gasteiger partial charge in [-0.2, -0.15) is 0 Å². The van der Waals surface area contributed by atoms with Gasteiger partial charge in [0.15, 0.2) is 0 Å². The summed E-state index contributed by atoms with van der Waals surface area (Å²) in [5.41, 5.74) is 8.45. The van der Waals surface area contributed by atoms with Crippen molar-refractivity contribution >= 4 is 19.6 Å². The van der Waals surface area contributed by atoms with Gasteiger partial charge in [0.25, 0.3) is 0 Å². The Kier molecular flexibility index (Phi) is 8.95. The first-order chi connectivity index (χ1) is 18.0. The van der Waals surface area contributed by atoms with E-state index in [0.29, 0.717) is 15.2 Å². The number of aliphatic imine (C=N–C) groups is 1. The Labute approximate surface area is 224 Å². The van der Waals surface area contributed by atoms with Crippen LogP contribution < -0.4 is 10.0 Å². The topological polar surface area (TPSA) is 21.6 Å². The molecule has 0 aliphatic heterocycles. The largest absolute Gasteiger partial charge is 0.488 e. The lowest BCUT2D eigenvalue weighted by Crippen LogP contribution is -2.26. The van der Waals surface area contributed by atoms with Crippen LogP contribution in [-0.2, 0) is 11.8 Å². The minimum Gasteiger partial charge on any atom is -0.488 e. The molecule has 0 saturated heterocycles. The normalized spacial score (nSPS) is 12.3. The summed E-state index contributed by atoms with van der Waals surface area (Å²) in [5.74, 6) is 1.03. The van der Waals surface area contributed by atoms with E-state index in [4.69, 9.17) is 9.73 Å². The molecule has 0 saturated carbocycles. The van der Waals surface area contributed by atoms with Crippen molar-refractivity contribution in [3.8, 4) is 5.75 Å². The molecule has 2 nitrogen and oxygen atoms in total. The van der Waals surface area contributed by atoms with Crippen LogP contribution in [0.4, 0.5) is 0 Å². The molecular weight excluding hydrogens is 469 g/mol. The highest BCUT2D eigenvalue weighted by atomic mass is 31.1. The summed E-state index contributed by atoms with van der Waals surface area (Å²) in [6.45, 7) is 9.62. The lowest BCUT2D eigenvalue weighted by atomic mass is 9.90. The van der Waals surface area contributed by atoms with Crippen LogP contribution in [0.2, 0.25) is 0 Å². The summed E-state index contributed by atoms with van der Waals surface area (Å²) >= 11 is 0. The van der Waals surface area contributed by atoms with Gasteiger partial charge < -0.3 is 4.74 Å². The van der Waals surface area contributed by atoms with Gasteiger partial charge in [0.2, 0.25) is 0 Å². The second kappa shape index (κ2) is 12.3. The van der Waals surface area contributed by atoms with E-state index >= 15 is 0 Å². The second-order valence-electron chi connectivity index (χ2n) is 9.58. The number of benzene rings is 4. The molecular formula is C34H38NOP. The highest BCUT2D eigenvalue weighted by Crippen LogP contribution is 2.51. The van der Waals surface area contributed by atoms with Crippen molar-refractivity contribution in [2.24, 2.45) is 4.99 Å². The van der Waals surface area contributed by atoms with Gasteiger partial charge in [-0.05, 0) is 48.7 Å². The van der Waals surface area contributed by atoms with Gasteiger partial charge in [-0.3, -0.25) is 4.99 Å². The molecule has 0 radical (unpaired) electrons. The Morgan fingerprint density at radius 3 is 2.03 bits per heavy atom. The van der Waals surface area contributed by atoms with Crippen molar-refractivity contribution in [2.75, 3.05) is 7.05 Å². The van der Waals surface area contributed by atoms with Crippen LogP contribution in [0, 0.1) is 13.8 Å². The predicted octanol–water partition coefficient (Wildman–Crippen LogP) is 8.37. The number of nitrogens with zero attached hydrogens (tertiary/aromatic N) is 1. The Morgan fingerprint density at radius 2 is 1.38 bits per heavy atom. The molecule has 0 bridgehead atoms. The quantitative estimate of drug-likeness (QED) is 0.156. The van der Waals surface area contributed by atoms with Crippen LogP contribution in [0.25, 0.3) is 0 Å². The molecule has 0 aliphatic carbocycles. The minimum absolute atomic E-state index is 0.0333. The van der Waals surface area contributed by atoms with E-state index < -0.39 is 0 Å². The van der Waals surface area contributed by atoms with E-state index in [0.717, 1.165) is 29.9 Å². The molecule has 0 heterocycles. The summed E-state index contributed by atoms with van der Waals surface area (Å²) in [6.07, 6.45) is 2.07. The van der Waals surface area contributed by atoms with Crippen LogP contribution in [0.3, 0.4) is 0 Å². The molecule has 0 fully saturated rings. The molecule has 0 N–H and O–H groups in total. The van der Waals surface area contributed by atoms with Crippen LogP contribution in [0.1, 0.15) is 60.1 Å². The summed E-state index contributed by atoms with van der Waals surface area (Å²) in [7, 11) is 2.49. The molecule has 3 heteroatoms. The van der Waals surface area contributed by atoms with E-state index in [2.05, 4.69) is 119 Å². The van der Waals surface area contributed by atoms with Crippen molar-refractivity contribution in [2.45, 2.75) is 52.3 Å². The maximum absolute atomic E-state index is 6.58. The van der Waals surface area contributed by atoms with E-state index in [1.807, 2.05) is 13.1 Å². The standard InChI is InChI=1S/C34H38NOP/c1-6-34(7-2,30-23-15-16-25(3)32(30)36-24-27-18-10-8-11-19-27)37-33-26(4)17-14-22-29(33)31(35-5)28-20-12-9-13-21-28/h8-23,37H,6-7,24H2,1-5H3. The molecule has 4 aromatic rings. The fourth-order valence-electron chi connectivity index (χ4n) is 5.10. The van der Waals surface area contributed by atoms with Crippen molar-refractivity contribution in [3.05, 3.63) is 130 Å². The SMILES string of the molecule is CCC(CC)(Pc1c(C)cccc1C(=NC)c1ccccc1)c1cccc(C)c1OCc1ccccc1. The fourth-order valence-corrected chi connectivity index (χ4v) is 6.88. The predicted molar refractivity (Wildman–Crippen MR) is 161 cm³/mol. The third kappa shape index (κ3) is 5.86. The molecule has 1 unspecified atom stereocenters. The van der Waals surface area contributed by atoms with Crippen molar-refractivity contribution in [3.63, 3.8) is 0 Å². The monoisotopic (exact) mass is 507 g/mol. The van der Waals surface area contributed by atoms with Crippen LogP contribution in [0.5, 0.6) is 5.75 Å². The maximum Gasteiger partial charge on any atom is 0.126 e. The van der Waals surface area contributed by atoms with E-state index in [1.165, 1.54) is 33.1 Å². The summed E-state index contributed by atoms with van der Waals surface area (Å²) in [4.78, 5) is 4.78. The zero-order valence-corrected chi connectivity index (χ0v) is 23.7. The van der Waals surface area contributed by atoms with Crippen LogP contribution in [0.15, 0.2) is 102 Å². The first kappa shape index (κ1) is 26.8. The Balaban J connectivity index is 1.79. The second-order valence-corrected chi connectivity index (χ2v) is 11.3. The average Bonchev–Trinajstić information content (AvgIpc) is 2.94. The molecule has 37 heavy (non-hydrogen) atoms. The lowest BCUT2D eigenvalue weighted by Gasteiger charge is -2.36. The number of para-hydroxylation sites is 1. The zero-order valence-electron chi connectivity index (χ0n) is 22.7. The number of hydrogen-bond donors (Lipinski definition) is 0. The van der Waals surface area contributed by atoms with Crippen molar-refractivity contribution < 1.29 is 4.74 Å². The first-order valence-corrected chi connectivity index (χ1v) is 14.2. The van der Waals surface area contributed by atoms with Crippen LogP contribution >= 0.6 is 8.58 Å². The Bertz CT molecular complexity index is 1340. The molecule has 0 amide bonds. The smallest absolute Gasteiger partial charge is 0.126 e. The van der Waals surface area contributed by atoms with Crippen molar-refractivity contribution in [1.29, 1.82) is 0 Å². The maximum atomic E-state index is 6.58. The Hall–Kier alpha value is -3.22. The van der Waals surface area contributed by atoms with Crippen LogP contribution in [-0.4, -0.2) is 12.8 Å². The molecule has 0 aromatic heterocycles. The van der Waals surface area contributed by atoms with E-state index in [1.54, 1.807) is 0 Å². The Morgan fingerprint density at radius 1 is 0.757 bits per heavy atom. The van der Waals surface area contributed by atoms with Gasteiger partial charge in [-0.25, -0.2) is 0 Å². The van der Waals surface area contributed by atoms with Gasteiger partial charge in [-0.1, -0.05) is 119 Å². The first-order valence-electron chi connectivity index (χ1n) is 13.2. The van der Waals surface area contributed by atoms with Gasteiger partial charge in [0.1, 0.15) is 12.4 Å². The summed E-state index contributed by atoms with van der Waals surface area (Å²) < 4.78 is 6.58. The number of hydrogen-bond acceptors (Lipinski definition) is 2. The highest BCUT2D eigenvalue weighted by molar-refractivity contribution is 7.49. The van der Waals surface area contributed by atoms with E-state index in [9.17, 15) is 0 Å². The van der Waals surface area contributed by atoms with E-state index in [-0.39, 0.29) is 5.16 Å². The summed E-state index contributed by atoms with van der Waals surface area (Å²) in [6, 6.07) is 34.3. The highest BCUT2D eigenvalue weighted by Gasteiger charge is 2.34. The number of aryl methyl sites for hydroxylation is 2. The van der Waals surface area contributed by atoms with Crippen molar-refractivity contribution in [1.82, 2.24) is 0 Å². The van der Waals surface area contributed by atoms with Gasteiger partial charge in [0, 0.05) is 28.9 Å². The molecule has 0 aliphatic rings. The van der Waals surface area contributed by atoms with Gasteiger partial charge in [0.05, 0.1) is 5.71 Å². The molecule has 4 aromatic carbocycles. The minimum atomic E-state index is -0.0333. The lowest BCUT2D eigenvalue weighted by molar-refractivity contribution is 0.296. The fraction of sp³-hybridized carbons (Fsp3) is 0.265. The van der Waals surface area contributed by atoms with Gasteiger partial charge in [-0.15, -0.1) is 0 Å². The molecule has 0 spiro atoms. The molecule has 4 rings (SSSR count). The molecule has 1 atom stereocenters. The average molecular weight is 508 g/mol.